The Morgan fingerprint density at radius 3 is 2.68 bits per heavy atom. The number of hydrogen-bond acceptors (Lipinski definition) is 3. The lowest BCUT2D eigenvalue weighted by molar-refractivity contribution is -0.134. The maximum atomic E-state index is 12.1. The van der Waals surface area contributed by atoms with Crippen LogP contribution in [0.5, 0.6) is 0 Å². The number of carbonyl (C=O) groups excluding carboxylic acids is 2. The summed E-state index contributed by atoms with van der Waals surface area (Å²) in [6, 6.07) is 4.67. The fourth-order valence-electron chi connectivity index (χ4n) is 2.23. The van der Waals surface area contributed by atoms with Gasteiger partial charge in [0.15, 0.2) is 0 Å². The molecule has 1 fully saturated rings. The molecule has 122 valence electrons. The minimum absolute atomic E-state index is 0. The van der Waals surface area contributed by atoms with Gasteiger partial charge in [-0.05, 0) is 37.6 Å². The molecule has 0 bridgehead atoms. The average Bonchev–Trinajstić information content (AvgIpc) is 2.96. The van der Waals surface area contributed by atoms with Gasteiger partial charge in [-0.3, -0.25) is 9.59 Å². The highest BCUT2D eigenvalue weighted by molar-refractivity contribution is 6.42. The van der Waals surface area contributed by atoms with Crippen molar-refractivity contribution in [3.63, 3.8) is 0 Å². The van der Waals surface area contributed by atoms with Crippen LogP contribution < -0.4 is 10.6 Å². The van der Waals surface area contributed by atoms with Crippen LogP contribution in [0.3, 0.4) is 0 Å². The molecule has 8 heteroatoms. The van der Waals surface area contributed by atoms with Gasteiger partial charge >= 0.3 is 0 Å². The van der Waals surface area contributed by atoms with Crippen LogP contribution in [0.4, 0.5) is 5.69 Å². The van der Waals surface area contributed by atoms with E-state index in [2.05, 4.69) is 10.6 Å². The number of likely N-dealkylation sites (N-methyl/N-ethyl adjacent to an activating group) is 1. The topological polar surface area (TPSA) is 61.4 Å². The van der Waals surface area contributed by atoms with Gasteiger partial charge in [0.2, 0.25) is 11.8 Å². The molecule has 1 unspecified atom stereocenters. The van der Waals surface area contributed by atoms with Gasteiger partial charge in [0.1, 0.15) is 0 Å². The number of anilines is 1. The second-order valence-corrected chi connectivity index (χ2v) is 5.83. The van der Waals surface area contributed by atoms with Crippen LogP contribution in [0.25, 0.3) is 0 Å². The molecule has 0 saturated carbocycles. The summed E-state index contributed by atoms with van der Waals surface area (Å²) in [7, 11) is 1.62. The SMILES string of the molecule is CN(CC(=O)Nc1ccc(Cl)c(Cl)c1)C(=O)C1CCCN1.Cl. The van der Waals surface area contributed by atoms with E-state index in [1.165, 1.54) is 4.90 Å². The Hall–Kier alpha value is -1.01. The van der Waals surface area contributed by atoms with Crippen LogP contribution in [0.15, 0.2) is 18.2 Å². The summed E-state index contributed by atoms with van der Waals surface area (Å²) in [6.07, 6.45) is 1.80. The lowest BCUT2D eigenvalue weighted by Gasteiger charge is -2.20. The minimum atomic E-state index is -0.276. The van der Waals surface area contributed by atoms with Gasteiger partial charge in [-0.2, -0.15) is 0 Å². The highest BCUT2D eigenvalue weighted by atomic mass is 35.5. The molecule has 22 heavy (non-hydrogen) atoms. The smallest absolute Gasteiger partial charge is 0.243 e. The zero-order valence-electron chi connectivity index (χ0n) is 12.1. The van der Waals surface area contributed by atoms with Crippen molar-refractivity contribution in [1.29, 1.82) is 0 Å². The lowest BCUT2D eigenvalue weighted by Crippen LogP contribution is -2.44. The van der Waals surface area contributed by atoms with E-state index in [0.717, 1.165) is 19.4 Å². The quantitative estimate of drug-likeness (QED) is 0.861. The first-order valence-electron chi connectivity index (χ1n) is 6.70. The largest absolute Gasteiger partial charge is 0.335 e. The summed E-state index contributed by atoms with van der Waals surface area (Å²) in [5, 5.41) is 6.60. The van der Waals surface area contributed by atoms with E-state index < -0.39 is 0 Å². The van der Waals surface area contributed by atoms with Gasteiger partial charge in [0.05, 0.1) is 22.6 Å². The van der Waals surface area contributed by atoms with Crippen molar-refractivity contribution >= 4 is 53.1 Å². The third-order valence-corrected chi connectivity index (χ3v) is 4.06. The van der Waals surface area contributed by atoms with E-state index in [9.17, 15) is 9.59 Å². The van der Waals surface area contributed by atoms with E-state index in [-0.39, 0.29) is 36.8 Å². The summed E-state index contributed by atoms with van der Waals surface area (Å²) in [5.41, 5.74) is 0.550. The molecular weight excluding hydrogens is 349 g/mol. The van der Waals surface area contributed by atoms with Crippen molar-refractivity contribution in [1.82, 2.24) is 10.2 Å². The maximum Gasteiger partial charge on any atom is 0.243 e. The molecule has 0 spiro atoms. The van der Waals surface area contributed by atoms with Crippen LogP contribution in [-0.2, 0) is 9.59 Å². The van der Waals surface area contributed by atoms with Gasteiger partial charge in [-0.25, -0.2) is 0 Å². The number of halogens is 3. The zero-order valence-corrected chi connectivity index (χ0v) is 14.4. The van der Waals surface area contributed by atoms with Crippen molar-refractivity contribution in [2.45, 2.75) is 18.9 Å². The first-order chi connectivity index (χ1) is 9.97. The first kappa shape index (κ1) is 19.0. The number of amides is 2. The zero-order chi connectivity index (χ0) is 15.4. The van der Waals surface area contributed by atoms with E-state index in [4.69, 9.17) is 23.2 Å². The highest BCUT2D eigenvalue weighted by Gasteiger charge is 2.25. The summed E-state index contributed by atoms with van der Waals surface area (Å²) >= 11 is 11.7. The predicted molar refractivity (Wildman–Crippen MR) is 91.0 cm³/mol. The van der Waals surface area contributed by atoms with Gasteiger partial charge in [0, 0.05) is 12.7 Å². The Kier molecular flexibility index (Phi) is 7.42. The molecule has 0 radical (unpaired) electrons. The summed E-state index contributed by atoms with van der Waals surface area (Å²) in [4.78, 5) is 25.4. The Morgan fingerprint density at radius 1 is 1.36 bits per heavy atom. The second kappa shape index (κ2) is 8.58. The maximum absolute atomic E-state index is 12.1. The van der Waals surface area contributed by atoms with Crippen LogP contribution in [0, 0.1) is 0 Å². The number of benzene rings is 1. The molecule has 2 rings (SSSR count). The highest BCUT2D eigenvalue weighted by Crippen LogP contribution is 2.24. The van der Waals surface area contributed by atoms with E-state index >= 15 is 0 Å². The third kappa shape index (κ3) is 5.02. The van der Waals surface area contributed by atoms with E-state index in [1.807, 2.05) is 0 Å². The molecule has 1 aromatic rings. The van der Waals surface area contributed by atoms with Crippen molar-refractivity contribution in [3.05, 3.63) is 28.2 Å². The minimum Gasteiger partial charge on any atom is -0.335 e. The predicted octanol–water partition coefficient (Wildman–Crippen LogP) is 2.56. The van der Waals surface area contributed by atoms with Gasteiger partial charge in [-0.15, -0.1) is 12.4 Å². The monoisotopic (exact) mass is 365 g/mol. The molecule has 1 atom stereocenters. The summed E-state index contributed by atoms with van der Waals surface area (Å²) < 4.78 is 0. The Labute approximate surface area is 145 Å². The Bertz CT molecular complexity index is 548. The number of nitrogens with one attached hydrogen (secondary N) is 2. The van der Waals surface area contributed by atoms with Crippen LogP contribution in [0.2, 0.25) is 10.0 Å². The normalized spacial score (nSPS) is 16.8. The lowest BCUT2D eigenvalue weighted by atomic mass is 10.2. The third-order valence-electron chi connectivity index (χ3n) is 3.32. The number of rotatable bonds is 4. The van der Waals surface area contributed by atoms with Crippen molar-refractivity contribution < 1.29 is 9.59 Å². The van der Waals surface area contributed by atoms with Crippen molar-refractivity contribution in [3.8, 4) is 0 Å². The molecule has 0 aliphatic carbocycles. The van der Waals surface area contributed by atoms with E-state index in [0.29, 0.717) is 15.7 Å². The molecule has 1 aliphatic rings. The number of nitrogens with zero attached hydrogens (tertiary/aromatic N) is 1. The van der Waals surface area contributed by atoms with Crippen molar-refractivity contribution in [2.75, 3.05) is 25.5 Å². The number of hydrogen-bond donors (Lipinski definition) is 2. The molecule has 1 aromatic carbocycles. The van der Waals surface area contributed by atoms with Crippen LogP contribution >= 0.6 is 35.6 Å². The van der Waals surface area contributed by atoms with Crippen molar-refractivity contribution in [2.24, 2.45) is 0 Å². The molecule has 2 N–H and O–H groups in total. The Morgan fingerprint density at radius 2 is 2.09 bits per heavy atom. The molecule has 0 aromatic heterocycles. The summed E-state index contributed by atoms with van der Waals surface area (Å²) in [5.74, 6) is -0.334. The van der Waals surface area contributed by atoms with Crippen LogP contribution in [0.1, 0.15) is 12.8 Å². The standard InChI is InChI=1S/C14H17Cl2N3O2.ClH/c1-19(14(21)12-3-2-6-17-12)8-13(20)18-9-4-5-10(15)11(16)7-9;/h4-5,7,12,17H,2-3,6,8H2,1H3,(H,18,20);1H. The molecule has 1 aliphatic heterocycles. The molecular formula is C14H18Cl3N3O2. The fraction of sp³-hybridized carbons (Fsp3) is 0.429. The first-order valence-corrected chi connectivity index (χ1v) is 7.46. The molecule has 5 nitrogen and oxygen atoms in total. The molecule has 1 saturated heterocycles. The Balaban J connectivity index is 0.00000242. The van der Waals surface area contributed by atoms with Gasteiger partial charge < -0.3 is 15.5 Å². The molecule has 1 heterocycles. The van der Waals surface area contributed by atoms with E-state index in [1.54, 1.807) is 25.2 Å². The van der Waals surface area contributed by atoms with Crippen LogP contribution in [-0.4, -0.2) is 42.9 Å². The average molecular weight is 367 g/mol. The van der Waals surface area contributed by atoms with Gasteiger partial charge in [0.25, 0.3) is 0 Å². The molecule has 2 amide bonds. The van der Waals surface area contributed by atoms with Gasteiger partial charge in [-0.1, -0.05) is 23.2 Å². The number of carbonyl (C=O) groups is 2. The second-order valence-electron chi connectivity index (χ2n) is 5.02. The summed E-state index contributed by atoms with van der Waals surface area (Å²) in [6.45, 7) is 0.844. The fourth-order valence-corrected chi connectivity index (χ4v) is 2.53.